The molecule has 0 bridgehead atoms. The number of aromatic amines is 1. The van der Waals surface area contributed by atoms with Crippen LogP contribution in [0.25, 0.3) is 44.6 Å². The molecular formula is C30H26N6O2. The molecule has 188 valence electrons. The van der Waals surface area contributed by atoms with E-state index in [-0.39, 0.29) is 11.5 Å². The van der Waals surface area contributed by atoms with Gasteiger partial charge in [-0.3, -0.25) is 4.79 Å². The van der Waals surface area contributed by atoms with E-state index in [4.69, 9.17) is 0 Å². The van der Waals surface area contributed by atoms with Crippen molar-refractivity contribution in [3.05, 3.63) is 110 Å². The molecule has 6 rings (SSSR count). The lowest BCUT2D eigenvalue weighted by molar-refractivity contribution is 0.815. The second-order valence-corrected chi connectivity index (χ2v) is 9.80. The number of nitrogens with zero attached hydrogens (tertiary/aromatic N) is 5. The van der Waals surface area contributed by atoms with E-state index in [2.05, 4.69) is 52.1 Å². The maximum Gasteiger partial charge on any atom is 0.336 e. The predicted octanol–water partition coefficient (Wildman–Crippen LogP) is 5.02. The number of fused-ring (bicyclic) bond motifs is 2. The molecular weight excluding hydrogens is 476 g/mol. The van der Waals surface area contributed by atoms with Gasteiger partial charge < -0.3 is 4.98 Å². The van der Waals surface area contributed by atoms with E-state index in [0.717, 1.165) is 43.3 Å². The SMILES string of the molecule is Cc1cc2cc(C)c(-n3nc(C)c4[nH]c(=O)n(-c5ncc(-c6ccccc6C)cn5)c(=O)c43)cc2cc1C. The molecule has 1 N–H and O–H groups in total. The van der Waals surface area contributed by atoms with Gasteiger partial charge in [0, 0.05) is 18.0 Å². The number of H-pyrrole nitrogens is 1. The van der Waals surface area contributed by atoms with Crippen LogP contribution in [0.4, 0.5) is 0 Å². The van der Waals surface area contributed by atoms with E-state index < -0.39 is 11.2 Å². The van der Waals surface area contributed by atoms with Crippen LogP contribution < -0.4 is 11.2 Å². The Hall–Kier alpha value is -4.85. The lowest BCUT2D eigenvalue weighted by atomic mass is 10.00. The van der Waals surface area contributed by atoms with Crippen molar-refractivity contribution >= 4 is 21.8 Å². The molecule has 0 saturated carbocycles. The Kier molecular flexibility index (Phi) is 5.34. The van der Waals surface area contributed by atoms with Gasteiger partial charge in [-0.1, -0.05) is 36.4 Å². The van der Waals surface area contributed by atoms with E-state index in [0.29, 0.717) is 11.2 Å². The fourth-order valence-corrected chi connectivity index (χ4v) is 4.97. The minimum atomic E-state index is -0.616. The maximum absolute atomic E-state index is 13.8. The molecule has 0 aliphatic carbocycles. The molecule has 3 aromatic heterocycles. The van der Waals surface area contributed by atoms with Crippen LogP contribution in [0.5, 0.6) is 0 Å². The minimum absolute atomic E-state index is 0.00206. The summed E-state index contributed by atoms with van der Waals surface area (Å²) in [6.45, 7) is 9.94. The lowest BCUT2D eigenvalue weighted by Crippen LogP contribution is -2.35. The third-order valence-electron chi connectivity index (χ3n) is 7.19. The first kappa shape index (κ1) is 23.5. The molecule has 8 nitrogen and oxygen atoms in total. The van der Waals surface area contributed by atoms with Crippen LogP contribution in [0.1, 0.15) is 27.9 Å². The van der Waals surface area contributed by atoms with Gasteiger partial charge >= 0.3 is 5.69 Å². The van der Waals surface area contributed by atoms with Crippen molar-refractivity contribution < 1.29 is 0 Å². The zero-order chi connectivity index (χ0) is 26.7. The van der Waals surface area contributed by atoms with Gasteiger partial charge in [-0.05, 0) is 85.3 Å². The van der Waals surface area contributed by atoms with Crippen molar-refractivity contribution in [1.29, 1.82) is 0 Å². The van der Waals surface area contributed by atoms with Crippen molar-refractivity contribution in [2.24, 2.45) is 0 Å². The Bertz CT molecular complexity index is 2010. The number of nitrogens with one attached hydrogen (secondary N) is 1. The Balaban J connectivity index is 1.55. The van der Waals surface area contributed by atoms with Crippen molar-refractivity contribution in [3.63, 3.8) is 0 Å². The molecule has 0 saturated heterocycles. The van der Waals surface area contributed by atoms with Gasteiger partial charge in [0.05, 0.1) is 16.9 Å². The van der Waals surface area contributed by atoms with E-state index in [1.165, 1.54) is 11.1 Å². The highest BCUT2D eigenvalue weighted by Gasteiger charge is 2.20. The summed E-state index contributed by atoms with van der Waals surface area (Å²) in [5.74, 6) is 0.00206. The summed E-state index contributed by atoms with van der Waals surface area (Å²) in [5, 5.41) is 6.83. The smallest absolute Gasteiger partial charge is 0.303 e. The number of aryl methyl sites for hydroxylation is 5. The van der Waals surface area contributed by atoms with Crippen molar-refractivity contribution in [3.8, 4) is 22.8 Å². The second kappa shape index (κ2) is 8.62. The summed E-state index contributed by atoms with van der Waals surface area (Å²) < 4.78 is 2.58. The summed E-state index contributed by atoms with van der Waals surface area (Å²) in [6.07, 6.45) is 3.25. The Labute approximate surface area is 218 Å². The molecule has 3 heterocycles. The number of aromatic nitrogens is 6. The van der Waals surface area contributed by atoms with Gasteiger partial charge in [-0.15, -0.1) is 0 Å². The summed E-state index contributed by atoms with van der Waals surface area (Å²) in [4.78, 5) is 38.5. The minimum Gasteiger partial charge on any atom is -0.303 e. The van der Waals surface area contributed by atoms with Crippen LogP contribution >= 0.6 is 0 Å². The average Bonchev–Trinajstić information content (AvgIpc) is 3.21. The lowest BCUT2D eigenvalue weighted by Gasteiger charge is -2.12. The fourth-order valence-electron chi connectivity index (χ4n) is 4.97. The molecule has 6 aromatic rings. The summed E-state index contributed by atoms with van der Waals surface area (Å²) in [6, 6.07) is 16.3. The number of benzene rings is 3. The normalized spacial score (nSPS) is 11.5. The molecule has 0 atom stereocenters. The summed E-state index contributed by atoms with van der Waals surface area (Å²) in [5.41, 5.74) is 7.07. The Morgan fingerprint density at radius 1 is 0.763 bits per heavy atom. The molecule has 0 spiro atoms. The molecule has 0 aliphatic rings. The van der Waals surface area contributed by atoms with Gasteiger partial charge in [-0.25, -0.2) is 19.4 Å². The van der Waals surface area contributed by atoms with Crippen molar-refractivity contribution in [2.45, 2.75) is 34.6 Å². The van der Waals surface area contributed by atoms with E-state index in [1.807, 2.05) is 44.2 Å². The molecule has 38 heavy (non-hydrogen) atoms. The van der Waals surface area contributed by atoms with E-state index in [9.17, 15) is 9.59 Å². The number of hydrogen-bond donors (Lipinski definition) is 1. The summed E-state index contributed by atoms with van der Waals surface area (Å²) >= 11 is 0. The zero-order valence-electron chi connectivity index (χ0n) is 21.8. The zero-order valence-corrected chi connectivity index (χ0v) is 21.8. The van der Waals surface area contributed by atoms with Gasteiger partial charge in [0.15, 0.2) is 5.52 Å². The monoisotopic (exact) mass is 502 g/mol. The van der Waals surface area contributed by atoms with Gasteiger partial charge in [0.1, 0.15) is 0 Å². The van der Waals surface area contributed by atoms with Crippen LogP contribution in [0.15, 0.2) is 70.5 Å². The molecule has 0 aliphatic heterocycles. The number of rotatable bonds is 3. The van der Waals surface area contributed by atoms with Crippen LogP contribution in [0.2, 0.25) is 0 Å². The van der Waals surface area contributed by atoms with Crippen LogP contribution in [0.3, 0.4) is 0 Å². The van der Waals surface area contributed by atoms with E-state index >= 15 is 0 Å². The fraction of sp³-hybridized carbons (Fsp3) is 0.167. The topological polar surface area (TPSA) is 98.5 Å². The van der Waals surface area contributed by atoms with E-state index in [1.54, 1.807) is 24.0 Å². The number of hydrogen-bond acceptors (Lipinski definition) is 5. The highest BCUT2D eigenvalue weighted by molar-refractivity contribution is 5.88. The largest absolute Gasteiger partial charge is 0.336 e. The molecule has 3 aromatic carbocycles. The molecule has 0 radical (unpaired) electrons. The molecule has 0 amide bonds. The predicted molar refractivity (Wildman–Crippen MR) is 150 cm³/mol. The summed E-state index contributed by atoms with van der Waals surface area (Å²) in [7, 11) is 0. The Morgan fingerprint density at radius 2 is 1.39 bits per heavy atom. The first-order valence-electron chi connectivity index (χ1n) is 12.4. The highest BCUT2D eigenvalue weighted by atomic mass is 16.2. The van der Waals surface area contributed by atoms with Crippen LogP contribution in [-0.4, -0.2) is 29.3 Å². The van der Waals surface area contributed by atoms with Gasteiger partial charge in [0.2, 0.25) is 5.95 Å². The first-order chi connectivity index (χ1) is 18.2. The first-order valence-corrected chi connectivity index (χ1v) is 12.4. The molecule has 0 unspecified atom stereocenters. The molecule has 0 fully saturated rings. The third kappa shape index (κ3) is 3.64. The van der Waals surface area contributed by atoms with Crippen molar-refractivity contribution in [1.82, 2.24) is 29.3 Å². The van der Waals surface area contributed by atoms with Gasteiger partial charge in [0.25, 0.3) is 5.56 Å². The third-order valence-corrected chi connectivity index (χ3v) is 7.19. The average molecular weight is 503 g/mol. The van der Waals surface area contributed by atoms with Gasteiger partial charge in [-0.2, -0.15) is 9.67 Å². The second-order valence-electron chi connectivity index (χ2n) is 9.80. The van der Waals surface area contributed by atoms with Crippen LogP contribution in [0, 0.1) is 34.6 Å². The molecule has 8 heteroatoms. The highest BCUT2D eigenvalue weighted by Crippen LogP contribution is 2.27. The quantitative estimate of drug-likeness (QED) is 0.367. The maximum atomic E-state index is 13.8. The van der Waals surface area contributed by atoms with Crippen molar-refractivity contribution in [2.75, 3.05) is 0 Å². The Morgan fingerprint density at radius 3 is 2.08 bits per heavy atom. The van der Waals surface area contributed by atoms with Crippen LogP contribution in [-0.2, 0) is 0 Å². The standard InChI is InChI=1S/C30H26N6O2/c1-16-8-6-7-9-24(16)23-14-31-29(32-15-23)35-28(37)27-26(33-30(35)38)20(5)34-36(27)25-13-22-11-18(3)17(2)10-21(22)12-19(25)4/h6-15H,1-5H3,(H,33,38).